The molecule has 3 rings (SSSR count). The van der Waals surface area contributed by atoms with Crippen molar-refractivity contribution < 1.29 is 9.53 Å². The van der Waals surface area contributed by atoms with Crippen LogP contribution in [0.1, 0.15) is 18.9 Å². The van der Waals surface area contributed by atoms with E-state index in [0.29, 0.717) is 6.54 Å². The Labute approximate surface area is 148 Å². The van der Waals surface area contributed by atoms with Crippen molar-refractivity contribution in [3.8, 4) is 0 Å². The van der Waals surface area contributed by atoms with Crippen molar-refractivity contribution in [2.45, 2.75) is 24.4 Å². The second kappa shape index (κ2) is 7.44. The number of nitrogens with one attached hydrogen (secondary N) is 1. The van der Waals surface area contributed by atoms with Gasteiger partial charge in [-0.05, 0) is 24.7 Å². The molecule has 0 spiro atoms. The van der Waals surface area contributed by atoms with Crippen molar-refractivity contribution in [1.82, 2.24) is 10.2 Å². The lowest BCUT2D eigenvalue weighted by Gasteiger charge is -2.43. The molecule has 2 saturated heterocycles. The smallest absolute Gasteiger partial charge is 0.244 e. The van der Waals surface area contributed by atoms with Crippen LogP contribution >= 0.6 is 11.8 Å². The van der Waals surface area contributed by atoms with Gasteiger partial charge in [0.1, 0.15) is 5.54 Å². The van der Waals surface area contributed by atoms with Crippen LogP contribution in [0.5, 0.6) is 0 Å². The first-order valence-corrected chi connectivity index (χ1v) is 9.73. The van der Waals surface area contributed by atoms with E-state index in [4.69, 9.17) is 10.5 Å². The van der Waals surface area contributed by atoms with Crippen LogP contribution in [0.15, 0.2) is 30.3 Å². The molecule has 0 bridgehead atoms. The molecule has 1 aromatic carbocycles. The molecule has 0 radical (unpaired) electrons. The highest BCUT2D eigenvalue weighted by atomic mass is 32.2. The van der Waals surface area contributed by atoms with Gasteiger partial charge in [-0.2, -0.15) is 11.8 Å². The molecule has 1 aromatic rings. The first kappa shape index (κ1) is 17.7. The van der Waals surface area contributed by atoms with Crippen LogP contribution in [0.25, 0.3) is 0 Å². The SMILES string of the molecule is CC(N)(C(=O)NCC1(N2CCOCC2)CCSC1)c1ccccc1. The van der Waals surface area contributed by atoms with Gasteiger partial charge in [0.05, 0.1) is 13.2 Å². The summed E-state index contributed by atoms with van der Waals surface area (Å²) in [4.78, 5) is 15.3. The summed E-state index contributed by atoms with van der Waals surface area (Å²) in [6.45, 7) is 5.86. The van der Waals surface area contributed by atoms with Gasteiger partial charge in [-0.1, -0.05) is 30.3 Å². The fourth-order valence-corrected chi connectivity index (χ4v) is 4.96. The van der Waals surface area contributed by atoms with Crippen molar-refractivity contribution in [1.29, 1.82) is 0 Å². The largest absolute Gasteiger partial charge is 0.379 e. The number of carbonyl (C=O) groups excluding carboxylic acids is 1. The summed E-state index contributed by atoms with van der Waals surface area (Å²) < 4.78 is 5.49. The highest BCUT2D eigenvalue weighted by Crippen LogP contribution is 2.33. The van der Waals surface area contributed by atoms with E-state index in [2.05, 4.69) is 10.2 Å². The Morgan fingerprint density at radius 1 is 1.38 bits per heavy atom. The van der Waals surface area contributed by atoms with Gasteiger partial charge in [0.25, 0.3) is 0 Å². The lowest BCUT2D eigenvalue weighted by molar-refractivity contribution is -0.127. The number of benzene rings is 1. The second-order valence-electron chi connectivity index (χ2n) is 6.88. The van der Waals surface area contributed by atoms with Crippen molar-refractivity contribution >= 4 is 17.7 Å². The summed E-state index contributed by atoms with van der Waals surface area (Å²) in [5.74, 6) is 2.09. The van der Waals surface area contributed by atoms with E-state index in [0.717, 1.165) is 49.8 Å². The van der Waals surface area contributed by atoms with Crippen LogP contribution in [-0.4, -0.2) is 60.7 Å². The highest BCUT2D eigenvalue weighted by molar-refractivity contribution is 7.99. The van der Waals surface area contributed by atoms with E-state index in [1.54, 1.807) is 6.92 Å². The molecule has 2 aliphatic heterocycles. The summed E-state index contributed by atoms with van der Waals surface area (Å²) in [5, 5.41) is 3.14. The van der Waals surface area contributed by atoms with Crippen LogP contribution in [0.2, 0.25) is 0 Å². The minimum Gasteiger partial charge on any atom is -0.379 e. The molecule has 2 atom stereocenters. The Bertz CT molecular complexity index is 553. The Morgan fingerprint density at radius 2 is 2.08 bits per heavy atom. The predicted molar refractivity (Wildman–Crippen MR) is 98.1 cm³/mol. The zero-order chi connectivity index (χ0) is 17.0. The first-order valence-electron chi connectivity index (χ1n) is 8.58. The zero-order valence-corrected chi connectivity index (χ0v) is 15.1. The van der Waals surface area contributed by atoms with E-state index in [1.807, 2.05) is 42.1 Å². The topological polar surface area (TPSA) is 67.6 Å². The second-order valence-corrected chi connectivity index (χ2v) is 7.98. The maximum Gasteiger partial charge on any atom is 0.244 e. The number of ether oxygens (including phenoxy) is 1. The summed E-state index contributed by atoms with van der Waals surface area (Å²) in [6, 6.07) is 9.57. The Kier molecular flexibility index (Phi) is 5.49. The number of nitrogens with two attached hydrogens (primary N) is 1. The average Bonchev–Trinajstić information content (AvgIpc) is 3.11. The molecular weight excluding hydrogens is 322 g/mol. The maximum atomic E-state index is 12.8. The Balaban J connectivity index is 1.67. The van der Waals surface area contributed by atoms with Crippen LogP contribution in [0.4, 0.5) is 0 Å². The van der Waals surface area contributed by atoms with Gasteiger partial charge in [-0.3, -0.25) is 9.69 Å². The van der Waals surface area contributed by atoms with E-state index in [-0.39, 0.29) is 11.4 Å². The maximum absolute atomic E-state index is 12.8. The molecule has 0 aromatic heterocycles. The van der Waals surface area contributed by atoms with Crippen molar-refractivity contribution in [3.05, 3.63) is 35.9 Å². The highest BCUT2D eigenvalue weighted by Gasteiger charge is 2.42. The molecule has 0 saturated carbocycles. The number of rotatable bonds is 5. The van der Waals surface area contributed by atoms with Gasteiger partial charge < -0.3 is 15.8 Å². The average molecular weight is 350 g/mol. The number of nitrogens with zero attached hydrogens (tertiary/aromatic N) is 1. The molecule has 0 aliphatic carbocycles. The van der Waals surface area contributed by atoms with Gasteiger partial charge in [0.15, 0.2) is 0 Å². The summed E-state index contributed by atoms with van der Waals surface area (Å²) >= 11 is 1.97. The summed E-state index contributed by atoms with van der Waals surface area (Å²) in [7, 11) is 0. The molecule has 1 amide bonds. The third kappa shape index (κ3) is 3.61. The van der Waals surface area contributed by atoms with Gasteiger partial charge in [-0.15, -0.1) is 0 Å². The van der Waals surface area contributed by atoms with Crippen molar-refractivity contribution in [2.24, 2.45) is 5.73 Å². The predicted octanol–water partition coefficient (Wildman–Crippen LogP) is 1.18. The van der Waals surface area contributed by atoms with E-state index in [9.17, 15) is 4.79 Å². The lowest BCUT2D eigenvalue weighted by Crippen LogP contribution is -2.61. The van der Waals surface area contributed by atoms with Gasteiger partial charge in [0.2, 0.25) is 5.91 Å². The minimum absolute atomic E-state index is 0.0386. The molecule has 6 heteroatoms. The molecule has 2 aliphatic rings. The molecule has 2 unspecified atom stereocenters. The fraction of sp³-hybridized carbons (Fsp3) is 0.611. The monoisotopic (exact) mass is 349 g/mol. The molecule has 2 heterocycles. The fourth-order valence-electron chi connectivity index (χ4n) is 3.48. The van der Waals surface area contributed by atoms with Gasteiger partial charge >= 0.3 is 0 Å². The number of amides is 1. The third-order valence-corrected chi connectivity index (χ3v) is 6.42. The quantitative estimate of drug-likeness (QED) is 0.836. The third-order valence-electron chi connectivity index (χ3n) is 5.19. The normalized spacial score (nSPS) is 27.6. The van der Waals surface area contributed by atoms with E-state index in [1.165, 1.54) is 0 Å². The molecule has 2 fully saturated rings. The van der Waals surface area contributed by atoms with Crippen LogP contribution in [-0.2, 0) is 15.1 Å². The van der Waals surface area contributed by atoms with Crippen molar-refractivity contribution in [2.75, 3.05) is 44.4 Å². The standard InChI is InChI=1S/C18H27N3O2S/c1-17(19,15-5-3-2-4-6-15)16(22)20-13-18(7-12-24-14-18)21-8-10-23-11-9-21/h2-6H,7-14,19H2,1H3,(H,20,22). The first-order chi connectivity index (χ1) is 11.5. The number of carbonyl (C=O) groups is 1. The van der Waals surface area contributed by atoms with Crippen molar-refractivity contribution in [3.63, 3.8) is 0 Å². The van der Waals surface area contributed by atoms with E-state index < -0.39 is 5.54 Å². The summed E-state index contributed by atoms with van der Waals surface area (Å²) in [5.41, 5.74) is 6.20. The molecule has 3 N–H and O–H groups in total. The molecular formula is C18H27N3O2S. The number of morpholine rings is 1. The van der Waals surface area contributed by atoms with Gasteiger partial charge in [-0.25, -0.2) is 0 Å². The van der Waals surface area contributed by atoms with Crippen LogP contribution in [0.3, 0.4) is 0 Å². The Morgan fingerprint density at radius 3 is 2.71 bits per heavy atom. The number of thioether (sulfide) groups is 1. The van der Waals surface area contributed by atoms with Gasteiger partial charge in [0, 0.05) is 30.9 Å². The zero-order valence-electron chi connectivity index (χ0n) is 14.3. The summed E-state index contributed by atoms with van der Waals surface area (Å²) in [6.07, 6.45) is 1.10. The number of hydrogen-bond acceptors (Lipinski definition) is 5. The Hall–Kier alpha value is -1.08. The minimum atomic E-state index is -1.01. The van der Waals surface area contributed by atoms with Crippen LogP contribution in [0, 0.1) is 0 Å². The number of hydrogen-bond donors (Lipinski definition) is 2. The lowest BCUT2D eigenvalue weighted by atomic mass is 9.91. The molecule has 132 valence electrons. The van der Waals surface area contributed by atoms with Crippen LogP contribution < -0.4 is 11.1 Å². The van der Waals surface area contributed by atoms with E-state index >= 15 is 0 Å². The molecule has 5 nitrogen and oxygen atoms in total. The molecule has 24 heavy (non-hydrogen) atoms.